The summed E-state index contributed by atoms with van der Waals surface area (Å²) in [5.41, 5.74) is -0.474. The predicted octanol–water partition coefficient (Wildman–Crippen LogP) is 2.87. The van der Waals surface area contributed by atoms with E-state index < -0.39 is 17.5 Å². The van der Waals surface area contributed by atoms with Crippen molar-refractivity contribution < 1.29 is 14.3 Å². The second kappa shape index (κ2) is 6.09. The van der Waals surface area contributed by atoms with Gasteiger partial charge in [-0.3, -0.25) is 4.79 Å². The number of thiophene rings is 1. The maximum Gasteiger partial charge on any atom is 0.346 e. The van der Waals surface area contributed by atoms with Crippen molar-refractivity contribution in [2.24, 2.45) is 5.10 Å². The lowest BCUT2D eigenvalue weighted by atomic mass is 9.92. The van der Waals surface area contributed by atoms with Gasteiger partial charge in [-0.05, 0) is 43.7 Å². The van der Waals surface area contributed by atoms with Gasteiger partial charge in [-0.25, -0.2) is 4.79 Å². The highest BCUT2D eigenvalue weighted by Gasteiger charge is 2.49. The molecule has 1 aliphatic heterocycles. The standard InChI is InChI=1S/C17H17N3O3S/c1-11-4-9-14(24-11)10-18-20-15(21)17(2,19-16(20)22)12-5-7-13(23-3)8-6-12/h4-10H,1-3H3,(H,19,22)/b18-10-/t17-/m0/s1. The van der Waals surface area contributed by atoms with Crippen LogP contribution in [0, 0.1) is 6.92 Å². The highest BCUT2D eigenvalue weighted by molar-refractivity contribution is 7.13. The summed E-state index contributed by atoms with van der Waals surface area (Å²) in [6.45, 7) is 3.65. The van der Waals surface area contributed by atoms with Gasteiger partial charge in [-0.15, -0.1) is 16.3 Å². The van der Waals surface area contributed by atoms with Gasteiger partial charge < -0.3 is 10.1 Å². The zero-order chi connectivity index (χ0) is 17.3. The largest absolute Gasteiger partial charge is 0.497 e. The molecule has 1 fully saturated rings. The fourth-order valence-electron chi connectivity index (χ4n) is 2.49. The minimum atomic E-state index is -1.15. The molecule has 0 radical (unpaired) electrons. The second-order valence-electron chi connectivity index (χ2n) is 5.59. The van der Waals surface area contributed by atoms with E-state index in [2.05, 4.69) is 10.4 Å². The number of ether oxygens (including phenoxy) is 1. The minimum absolute atomic E-state index is 0.415. The summed E-state index contributed by atoms with van der Waals surface area (Å²) in [5, 5.41) is 7.64. The van der Waals surface area contributed by atoms with Gasteiger partial charge in [0, 0.05) is 9.75 Å². The summed E-state index contributed by atoms with van der Waals surface area (Å²) in [6.07, 6.45) is 1.52. The summed E-state index contributed by atoms with van der Waals surface area (Å²) < 4.78 is 5.12. The first-order chi connectivity index (χ1) is 11.4. The summed E-state index contributed by atoms with van der Waals surface area (Å²) in [4.78, 5) is 26.9. The van der Waals surface area contributed by atoms with Crippen LogP contribution in [0.3, 0.4) is 0 Å². The molecule has 1 aromatic carbocycles. The van der Waals surface area contributed by atoms with Gasteiger partial charge in [0.05, 0.1) is 13.3 Å². The molecular weight excluding hydrogens is 326 g/mol. The van der Waals surface area contributed by atoms with Crippen LogP contribution in [0.1, 0.15) is 22.2 Å². The van der Waals surface area contributed by atoms with E-state index >= 15 is 0 Å². The molecule has 0 aliphatic carbocycles. The number of nitrogens with zero attached hydrogens (tertiary/aromatic N) is 2. The summed E-state index contributed by atoms with van der Waals surface area (Å²) in [6, 6.07) is 10.3. The molecule has 1 aliphatic rings. The monoisotopic (exact) mass is 343 g/mol. The Balaban J connectivity index is 1.85. The van der Waals surface area contributed by atoms with Crippen molar-refractivity contribution in [3.05, 3.63) is 51.7 Å². The fourth-order valence-corrected chi connectivity index (χ4v) is 3.23. The van der Waals surface area contributed by atoms with Gasteiger partial charge in [0.2, 0.25) is 0 Å². The lowest BCUT2D eigenvalue weighted by Crippen LogP contribution is -2.40. The van der Waals surface area contributed by atoms with Crippen LogP contribution in [0.5, 0.6) is 5.75 Å². The molecule has 6 nitrogen and oxygen atoms in total. The van der Waals surface area contributed by atoms with E-state index in [1.165, 1.54) is 6.21 Å². The van der Waals surface area contributed by atoms with Crippen LogP contribution in [-0.4, -0.2) is 30.3 Å². The average Bonchev–Trinajstić information content (AvgIpc) is 3.08. The fraction of sp³-hybridized carbons (Fsp3) is 0.235. The Hall–Kier alpha value is -2.67. The van der Waals surface area contributed by atoms with Crippen LogP contribution in [0.25, 0.3) is 0 Å². The van der Waals surface area contributed by atoms with Crippen molar-refractivity contribution in [1.82, 2.24) is 10.3 Å². The van der Waals surface area contributed by atoms with Crippen molar-refractivity contribution in [2.75, 3.05) is 7.11 Å². The topological polar surface area (TPSA) is 71.0 Å². The third kappa shape index (κ3) is 2.78. The number of urea groups is 1. The number of carbonyl (C=O) groups is 2. The molecule has 3 rings (SSSR count). The zero-order valence-electron chi connectivity index (χ0n) is 13.6. The van der Waals surface area contributed by atoms with Gasteiger partial charge in [0.1, 0.15) is 11.3 Å². The molecule has 0 saturated carbocycles. The first kappa shape index (κ1) is 16.2. The van der Waals surface area contributed by atoms with E-state index in [0.29, 0.717) is 11.3 Å². The van der Waals surface area contributed by atoms with E-state index in [4.69, 9.17) is 4.74 Å². The number of rotatable bonds is 4. The van der Waals surface area contributed by atoms with Crippen LogP contribution < -0.4 is 10.1 Å². The van der Waals surface area contributed by atoms with Crippen molar-refractivity contribution in [3.8, 4) is 5.75 Å². The molecule has 2 aromatic rings. The molecule has 124 valence electrons. The number of aryl methyl sites for hydroxylation is 1. The quantitative estimate of drug-likeness (QED) is 0.685. The summed E-state index contributed by atoms with van der Waals surface area (Å²) in [5.74, 6) is 0.268. The predicted molar refractivity (Wildman–Crippen MR) is 92.4 cm³/mol. The minimum Gasteiger partial charge on any atom is -0.497 e. The number of imide groups is 1. The SMILES string of the molecule is COc1ccc([C@]2(C)NC(=O)N(/N=C\c3ccc(C)s3)C2=O)cc1. The van der Waals surface area contributed by atoms with Crippen LogP contribution in [0.15, 0.2) is 41.5 Å². The van der Waals surface area contributed by atoms with Crippen molar-refractivity contribution in [3.63, 3.8) is 0 Å². The van der Waals surface area contributed by atoms with Gasteiger partial charge in [-0.2, -0.15) is 5.10 Å². The van der Waals surface area contributed by atoms with Gasteiger partial charge in [0.25, 0.3) is 5.91 Å². The molecule has 7 heteroatoms. The number of hydrogen-bond acceptors (Lipinski definition) is 5. The molecule has 24 heavy (non-hydrogen) atoms. The third-order valence-electron chi connectivity index (χ3n) is 3.90. The number of benzene rings is 1. The van der Waals surface area contributed by atoms with Crippen LogP contribution in [0.4, 0.5) is 4.79 Å². The lowest BCUT2D eigenvalue weighted by molar-refractivity contribution is -0.131. The number of hydrazone groups is 1. The summed E-state index contributed by atoms with van der Waals surface area (Å²) in [7, 11) is 1.57. The number of amides is 3. The summed E-state index contributed by atoms with van der Waals surface area (Å²) >= 11 is 1.54. The number of methoxy groups -OCH3 is 1. The van der Waals surface area contributed by atoms with Crippen LogP contribution in [-0.2, 0) is 10.3 Å². The van der Waals surface area contributed by atoms with Crippen molar-refractivity contribution in [1.29, 1.82) is 0 Å². The molecule has 0 unspecified atom stereocenters. The molecular formula is C17H17N3O3S. The van der Waals surface area contributed by atoms with E-state index in [9.17, 15) is 9.59 Å². The molecule has 0 spiro atoms. The molecule has 3 amide bonds. The van der Waals surface area contributed by atoms with Crippen LogP contribution in [0.2, 0.25) is 0 Å². The van der Waals surface area contributed by atoms with Gasteiger partial charge >= 0.3 is 6.03 Å². The van der Waals surface area contributed by atoms with E-state index in [1.54, 1.807) is 49.6 Å². The third-order valence-corrected chi connectivity index (χ3v) is 4.83. The average molecular weight is 343 g/mol. The molecule has 0 bridgehead atoms. The maximum atomic E-state index is 12.7. The smallest absolute Gasteiger partial charge is 0.346 e. The zero-order valence-corrected chi connectivity index (χ0v) is 14.4. The first-order valence-electron chi connectivity index (χ1n) is 7.36. The maximum absolute atomic E-state index is 12.7. The van der Waals surface area contributed by atoms with E-state index in [1.807, 2.05) is 19.1 Å². The van der Waals surface area contributed by atoms with Gasteiger partial charge in [0.15, 0.2) is 0 Å². The van der Waals surface area contributed by atoms with Crippen molar-refractivity contribution in [2.45, 2.75) is 19.4 Å². The Morgan fingerprint density at radius 2 is 1.92 bits per heavy atom. The number of carbonyl (C=O) groups excluding carboxylic acids is 2. The molecule has 1 N–H and O–H groups in total. The Morgan fingerprint density at radius 1 is 1.21 bits per heavy atom. The van der Waals surface area contributed by atoms with Crippen molar-refractivity contribution >= 4 is 29.5 Å². The Kier molecular flexibility index (Phi) is 4.11. The highest BCUT2D eigenvalue weighted by atomic mass is 32.1. The highest BCUT2D eigenvalue weighted by Crippen LogP contribution is 2.30. The normalized spacial score (nSPS) is 20.7. The lowest BCUT2D eigenvalue weighted by Gasteiger charge is -2.21. The molecule has 2 heterocycles. The van der Waals surface area contributed by atoms with Gasteiger partial charge in [-0.1, -0.05) is 12.1 Å². The molecule has 1 atom stereocenters. The van der Waals surface area contributed by atoms with E-state index in [-0.39, 0.29) is 0 Å². The molecule has 1 saturated heterocycles. The Bertz CT molecular complexity index is 813. The Labute approximate surface area is 143 Å². The molecule has 1 aromatic heterocycles. The second-order valence-corrected chi connectivity index (χ2v) is 6.91. The Morgan fingerprint density at radius 3 is 2.50 bits per heavy atom. The number of nitrogens with one attached hydrogen (secondary N) is 1. The van der Waals surface area contributed by atoms with E-state index in [0.717, 1.165) is 14.8 Å². The number of hydrogen-bond donors (Lipinski definition) is 1. The first-order valence-corrected chi connectivity index (χ1v) is 8.17. The van der Waals surface area contributed by atoms with Crippen LogP contribution >= 0.6 is 11.3 Å².